The van der Waals surface area contributed by atoms with E-state index in [1.807, 2.05) is 13.1 Å². The highest BCUT2D eigenvalue weighted by Gasteiger charge is 2.25. The largest absolute Gasteiger partial charge is 0.383 e. The zero-order valence-electron chi connectivity index (χ0n) is 10.2. The van der Waals surface area contributed by atoms with Gasteiger partial charge in [-0.25, -0.2) is 4.98 Å². The first-order valence-corrected chi connectivity index (χ1v) is 6.18. The Bertz CT molecular complexity index is 362. The van der Waals surface area contributed by atoms with Crippen LogP contribution >= 0.6 is 0 Å². The molecule has 0 spiro atoms. The number of nitrogens with zero attached hydrogens (tertiary/aromatic N) is 2. The van der Waals surface area contributed by atoms with Crippen LogP contribution < -0.4 is 5.73 Å². The molecule has 3 heteroatoms. The minimum absolute atomic E-state index is 0.562. The number of hydrogen-bond acceptors (Lipinski definition) is 3. The first-order valence-electron chi connectivity index (χ1n) is 6.18. The summed E-state index contributed by atoms with van der Waals surface area (Å²) < 4.78 is 0. The molecule has 1 saturated heterocycles. The molecule has 88 valence electrons. The summed E-state index contributed by atoms with van der Waals surface area (Å²) in [6.07, 6.45) is 5.72. The lowest BCUT2D eigenvalue weighted by Gasteiger charge is -2.24. The lowest BCUT2D eigenvalue weighted by molar-refractivity contribution is 0.257. The minimum atomic E-state index is 0.562. The van der Waals surface area contributed by atoms with Gasteiger partial charge in [-0.3, -0.25) is 4.90 Å². The van der Waals surface area contributed by atoms with Gasteiger partial charge in [0.05, 0.1) is 0 Å². The second-order valence-corrected chi connectivity index (χ2v) is 4.66. The fraction of sp³-hybridized carbons (Fsp3) is 0.615. The van der Waals surface area contributed by atoms with Crippen LogP contribution in [0.2, 0.25) is 0 Å². The number of likely N-dealkylation sites (tertiary alicyclic amines) is 1. The molecule has 0 radical (unpaired) electrons. The minimum Gasteiger partial charge on any atom is -0.383 e. The molecule has 3 nitrogen and oxygen atoms in total. The third-order valence-electron chi connectivity index (χ3n) is 3.40. The van der Waals surface area contributed by atoms with E-state index in [4.69, 9.17) is 5.73 Å². The van der Waals surface area contributed by atoms with Gasteiger partial charge in [-0.2, -0.15) is 0 Å². The lowest BCUT2D eigenvalue weighted by Crippen LogP contribution is -2.24. The second-order valence-electron chi connectivity index (χ2n) is 4.66. The van der Waals surface area contributed by atoms with Crippen LogP contribution in [0.3, 0.4) is 0 Å². The van der Waals surface area contributed by atoms with Crippen LogP contribution in [0.1, 0.15) is 43.4 Å². The molecule has 1 unspecified atom stereocenters. The molecule has 1 aliphatic rings. The predicted molar refractivity (Wildman–Crippen MR) is 67.2 cm³/mol. The molecule has 0 amide bonds. The Morgan fingerprint density at radius 3 is 3.06 bits per heavy atom. The van der Waals surface area contributed by atoms with Crippen LogP contribution in [0.5, 0.6) is 0 Å². The number of rotatable bonds is 3. The Hall–Kier alpha value is -1.09. The van der Waals surface area contributed by atoms with Crippen molar-refractivity contribution in [2.24, 2.45) is 0 Å². The van der Waals surface area contributed by atoms with Gasteiger partial charge in [0.25, 0.3) is 0 Å². The summed E-state index contributed by atoms with van der Waals surface area (Å²) >= 11 is 0. The quantitative estimate of drug-likeness (QED) is 0.849. The zero-order chi connectivity index (χ0) is 11.5. The molecule has 2 N–H and O–H groups in total. The summed E-state index contributed by atoms with van der Waals surface area (Å²) in [4.78, 5) is 6.83. The summed E-state index contributed by atoms with van der Waals surface area (Å²) in [5.41, 5.74) is 8.19. The van der Waals surface area contributed by atoms with Gasteiger partial charge in [-0.1, -0.05) is 6.92 Å². The normalized spacial score (nSPS) is 21.5. The molecule has 2 rings (SSSR count). The summed E-state index contributed by atoms with van der Waals surface area (Å²) in [5, 5.41) is 0. The molecule has 1 atom stereocenters. The number of anilines is 1. The zero-order valence-corrected chi connectivity index (χ0v) is 10.2. The molecule has 1 fully saturated rings. The topological polar surface area (TPSA) is 42.2 Å². The Morgan fingerprint density at radius 1 is 1.56 bits per heavy atom. The molecule has 0 aliphatic carbocycles. The molecule has 1 aromatic heterocycles. The monoisotopic (exact) mass is 219 g/mol. The lowest BCUT2D eigenvalue weighted by atomic mass is 10.0. The van der Waals surface area contributed by atoms with E-state index in [1.54, 1.807) is 0 Å². The first kappa shape index (κ1) is 11.4. The SMILES string of the molecule is CCCN1CCCC1c1cnc(N)c(C)c1. The van der Waals surface area contributed by atoms with Gasteiger partial charge in [0, 0.05) is 12.2 Å². The van der Waals surface area contributed by atoms with Crippen LogP contribution in [0, 0.1) is 6.92 Å². The van der Waals surface area contributed by atoms with E-state index in [-0.39, 0.29) is 0 Å². The van der Waals surface area contributed by atoms with Crippen molar-refractivity contribution in [1.29, 1.82) is 0 Å². The molecular weight excluding hydrogens is 198 g/mol. The maximum absolute atomic E-state index is 5.76. The van der Waals surface area contributed by atoms with Crippen molar-refractivity contribution < 1.29 is 0 Å². The van der Waals surface area contributed by atoms with Crippen LogP contribution in [-0.4, -0.2) is 23.0 Å². The van der Waals surface area contributed by atoms with E-state index >= 15 is 0 Å². The predicted octanol–water partition coefficient (Wildman–Crippen LogP) is 2.52. The molecule has 16 heavy (non-hydrogen) atoms. The van der Waals surface area contributed by atoms with Crippen molar-refractivity contribution in [3.8, 4) is 0 Å². The molecule has 1 aromatic rings. The van der Waals surface area contributed by atoms with Crippen LogP contribution in [0.15, 0.2) is 12.3 Å². The maximum Gasteiger partial charge on any atom is 0.126 e. The van der Waals surface area contributed by atoms with Gasteiger partial charge in [0.2, 0.25) is 0 Å². The van der Waals surface area contributed by atoms with E-state index in [0.29, 0.717) is 11.9 Å². The highest BCUT2D eigenvalue weighted by atomic mass is 15.2. The first-order chi connectivity index (χ1) is 7.72. The maximum atomic E-state index is 5.76. The Morgan fingerprint density at radius 2 is 2.38 bits per heavy atom. The number of aryl methyl sites for hydroxylation is 1. The number of nitrogens with two attached hydrogens (primary N) is 1. The van der Waals surface area contributed by atoms with Gasteiger partial charge in [-0.05, 0) is 56.5 Å². The van der Waals surface area contributed by atoms with Gasteiger partial charge >= 0.3 is 0 Å². The Labute approximate surface area is 97.7 Å². The van der Waals surface area contributed by atoms with Crippen molar-refractivity contribution in [1.82, 2.24) is 9.88 Å². The average molecular weight is 219 g/mol. The number of hydrogen-bond donors (Lipinski definition) is 1. The fourth-order valence-electron chi connectivity index (χ4n) is 2.55. The fourth-order valence-corrected chi connectivity index (χ4v) is 2.55. The Kier molecular flexibility index (Phi) is 3.44. The van der Waals surface area contributed by atoms with Gasteiger partial charge < -0.3 is 5.73 Å². The number of nitrogen functional groups attached to an aromatic ring is 1. The smallest absolute Gasteiger partial charge is 0.126 e. The molecule has 0 bridgehead atoms. The van der Waals surface area contributed by atoms with Crippen molar-refractivity contribution in [3.05, 3.63) is 23.4 Å². The molecule has 0 saturated carbocycles. The number of pyridine rings is 1. The van der Waals surface area contributed by atoms with Crippen LogP contribution in [0.25, 0.3) is 0 Å². The van der Waals surface area contributed by atoms with E-state index in [1.165, 1.54) is 37.9 Å². The Balaban J connectivity index is 2.19. The summed E-state index contributed by atoms with van der Waals surface area (Å²) in [5.74, 6) is 0.656. The van der Waals surface area contributed by atoms with E-state index < -0.39 is 0 Å². The van der Waals surface area contributed by atoms with Crippen molar-refractivity contribution in [3.63, 3.8) is 0 Å². The van der Waals surface area contributed by atoms with Crippen molar-refractivity contribution in [2.45, 2.75) is 39.2 Å². The standard InChI is InChI=1S/C13H21N3/c1-3-6-16-7-4-5-12(16)11-8-10(2)13(14)15-9-11/h8-9,12H,3-7H2,1-2H3,(H2,14,15). The van der Waals surface area contributed by atoms with E-state index in [0.717, 1.165) is 5.56 Å². The van der Waals surface area contributed by atoms with Crippen molar-refractivity contribution >= 4 is 5.82 Å². The van der Waals surface area contributed by atoms with Gasteiger partial charge in [0.15, 0.2) is 0 Å². The molecule has 1 aliphatic heterocycles. The third-order valence-corrected chi connectivity index (χ3v) is 3.40. The highest BCUT2D eigenvalue weighted by molar-refractivity contribution is 5.40. The van der Waals surface area contributed by atoms with Crippen LogP contribution in [-0.2, 0) is 0 Å². The van der Waals surface area contributed by atoms with E-state index in [9.17, 15) is 0 Å². The van der Waals surface area contributed by atoms with Gasteiger partial charge in [0.1, 0.15) is 5.82 Å². The second kappa shape index (κ2) is 4.83. The van der Waals surface area contributed by atoms with Crippen molar-refractivity contribution in [2.75, 3.05) is 18.8 Å². The third kappa shape index (κ3) is 2.19. The molecular formula is C13H21N3. The van der Waals surface area contributed by atoms with Crippen LogP contribution in [0.4, 0.5) is 5.82 Å². The van der Waals surface area contributed by atoms with E-state index in [2.05, 4.69) is 22.9 Å². The summed E-state index contributed by atoms with van der Waals surface area (Å²) in [6.45, 7) is 6.68. The molecule has 0 aromatic carbocycles. The summed E-state index contributed by atoms with van der Waals surface area (Å²) in [6, 6.07) is 2.76. The van der Waals surface area contributed by atoms with Gasteiger partial charge in [-0.15, -0.1) is 0 Å². The molecule has 2 heterocycles. The number of aromatic nitrogens is 1. The highest BCUT2D eigenvalue weighted by Crippen LogP contribution is 2.32. The summed E-state index contributed by atoms with van der Waals surface area (Å²) in [7, 11) is 0. The average Bonchev–Trinajstić information content (AvgIpc) is 2.71.